The van der Waals surface area contributed by atoms with E-state index in [-0.39, 0.29) is 17.7 Å². The lowest BCUT2D eigenvalue weighted by Crippen LogP contribution is -2.46. The van der Waals surface area contributed by atoms with Gasteiger partial charge in [0.2, 0.25) is 0 Å². The molecule has 3 atom stereocenters. The van der Waals surface area contributed by atoms with Crippen molar-refractivity contribution in [3.63, 3.8) is 0 Å². The van der Waals surface area contributed by atoms with E-state index in [4.69, 9.17) is 5.73 Å². The number of amides is 2. The maximum absolute atomic E-state index is 11.6. The molecule has 1 saturated heterocycles. The molecule has 0 aromatic rings. The third-order valence-electron chi connectivity index (χ3n) is 2.63. The highest BCUT2D eigenvalue weighted by molar-refractivity contribution is 8.00. The lowest BCUT2D eigenvalue weighted by molar-refractivity contribution is -0.118. The topological polar surface area (TPSA) is 72.2 Å². The lowest BCUT2D eigenvalue weighted by atomic mass is 9.87. The largest absolute Gasteiger partial charge is 0.352 e. The number of thioether (sulfide) groups is 1. The van der Waals surface area contributed by atoms with E-state index in [2.05, 4.69) is 5.32 Å². The van der Waals surface area contributed by atoms with Crippen molar-refractivity contribution in [3.05, 3.63) is 12.2 Å². The Kier molecular flexibility index (Phi) is 2.50. The van der Waals surface area contributed by atoms with Crippen LogP contribution in [-0.2, 0) is 4.79 Å². The van der Waals surface area contributed by atoms with Crippen molar-refractivity contribution in [1.29, 1.82) is 0 Å². The molecule has 0 aromatic heterocycles. The molecule has 1 aliphatic carbocycles. The summed E-state index contributed by atoms with van der Waals surface area (Å²) in [6, 6.07) is -0.626. The van der Waals surface area contributed by atoms with Crippen molar-refractivity contribution in [1.82, 2.24) is 5.32 Å². The van der Waals surface area contributed by atoms with E-state index >= 15 is 0 Å². The van der Waals surface area contributed by atoms with E-state index < -0.39 is 6.03 Å². The number of carbonyl (C=O) groups excluding carboxylic acids is 2. The molecule has 0 spiro atoms. The summed E-state index contributed by atoms with van der Waals surface area (Å²) >= 11 is 1.74. The molecule has 2 amide bonds. The van der Waals surface area contributed by atoms with E-state index in [9.17, 15) is 9.59 Å². The summed E-state index contributed by atoms with van der Waals surface area (Å²) in [6.07, 6.45) is 4.43. The summed E-state index contributed by atoms with van der Waals surface area (Å²) in [6.45, 7) is 0. The van der Waals surface area contributed by atoms with Gasteiger partial charge in [0.15, 0.2) is 5.78 Å². The first-order chi connectivity index (χ1) is 6.68. The smallest absolute Gasteiger partial charge is 0.312 e. The number of rotatable bonds is 1. The van der Waals surface area contributed by atoms with Gasteiger partial charge >= 0.3 is 6.03 Å². The third-order valence-corrected chi connectivity index (χ3v) is 4.10. The number of primary amides is 1. The highest BCUT2D eigenvalue weighted by atomic mass is 32.2. The minimum atomic E-state index is -0.543. The summed E-state index contributed by atoms with van der Waals surface area (Å²) in [5.41, 5.74) is 5.05. The number of ketones is 1. The van der Waals surface area contributed by atoms with E-state index in [1.54, 1.807) is 17.8 Å². The van der Waals surface area contributed by atoms with Crippen molar-refractivity contribution < 1.29 is 9.59 Å². The molecular weight excluding hydrogens is 200 g/mol. The molecule has 1 aliphatic heterocycles. The number of fused-ring (bicyclic) bond motifs is 1. The summed E-state index contributed by atoms with van der Waals surface area (Å²) in [7, 11) is 0. The summed E-state index contributed by atoms with van der Waals surface area (Å²) in [5.74, 6) is 0.827. The zero-order valence-electron chi connectivity index (χ0n) is 7.60. The van der Waals surface area contributed by atoms with Gasteiger partial charge in [0.1, 0.15) is 0 Å². The molecule has 0 saturated carbocycles. The van der Waals surface area contributed by atoms with Crippen LogP contribution in [0.25, 0.3) is 0 Å². The average molecular weight is 212 g/mol. The van der Waals surface area contributed by atoms with Crippen LogP contribution >= 0.6 is 11.8 Å². The van der Waals surface area contributed by atoms with Gasteiger partial charge in [-0.1, -0.05) is 6.08 Å². The zero-order chi connectivity index (χ0) is 10.1. The Balaban J connectivity index is 2.11. The predicted molar refractivity (Wildman–Crippen MR) is 55.0 cm³/mol. The molecule has 0 bridgehead atoms. The highest BCUT2D eigenvalue weighted by Gasteiger charge is 2.41. The molecule has 3 unspecified atom stereocenters. The fraction of sp³-hybridized carbons (Fsp3) is 0.556. The third kappa shape index (κ3) is 1.64. The van der Waals surface area contributed by atoms with Crippen LogP contribution in [0.15, 0.2) is 12.2 Å². The summed E-state index contributed by atoms with van der Waals surface area (Å²) in [4.78, 5) is 22.3. The Labute approximate surface area is 86.3 Å². The van der Waals surface area contributed by atoms with Gasteiger partial charge in [-0.15, -0.1) is 0 Å². The fourth-order valence-corrected chi connectivity index (χ4v) is 3.56. The van der Waals surface area contributed by atoms with Crippen molar-refractivity contribution in [2.45, 2.75) is 17.7 Å². The molecule has 2 aliphatic rings. The molecular formula is C9H12N2O2S. The van der Waals surface area contributed by atoms with Gasteiger partial charge in [0.25, 0.3) is 0 Å². The van der Waals surface area contributed by atoms with Crippen LogP contribution < -0.4 is 11.1 Å². The highest BCUT2D eigenvalue weighted by Crippen LogP contribution is 2.37. The number of nitrogens with one attached hydrogen (secondary N) is 1. The van der Waals surface area contributed by atoms with Crippen LogP contribution in [-0.4, -0.2) is 28.9 Å². The Hall–Kier alpha value is -0.970. The second-order valence-corrected chi connectivity index (χ2v) is 4.83. The second kappa shape index (κ2) is 3.65. The number of urea groups is 1. The summed E-state index contributed by atoms with van der Waals surface area (Å²) < 4.78 is 0. The average Bonchev–Trinajstić information content (AvgIpc) is 2.49. The quantitative estimate of drug-likeness (QED) is 0.656. The van der Waals surface area contributed by atoms with Gasteiger partial charge in [-0.2, -0.15) is 11.8 Å². The van der Waals surface area contributed by atoms with Gasteiger partial charge in [-0.05, 0) is 12.5 Å². The van der Waals surface area contributed by atoms with Gasteiger partial charge in [0, 0.05) is 11.0 Å². The second-order valence-electron chi connectivity index (χ2n) is 3.55. The number of carbonyl (C=O) groups is 2. The number of nitrogens with two attached hydrogens (primary N) is 1. The monoisotopic (exact) mass is 212 g/mol. The van der Waals surface area contributed by atoms with E-state index in [0.29, 0.717) is 5.25 Å². The Bertz CT molecular complexity index is 303. The number of allylic oxidation sites excluding steroid dienone is 2. The first kappa shape index (κ1) is 9.58. The Morgan fingerprint density at radius 2 is 2.43 bits per heavy atom. The maximum Gasteiger partial charge on any atom is 0.312 e. The van der Waals surface area contributed by atoms with E-state index in [0.717, 1.165) is 12.2 Å². The first-order valence-electron chi connectivity index (χ1n) is 4.56. The lowest BCUT2D eigenvalue weighted by Gasteiger charge is -2.23. The zero-order valence-corrected chi connectivity index (χ0v) is 8.42. The summed E-state index contributed by atoms with van der Waals surface area (Å²) in [5, 5.41) is 2.96. The van der Waals surface area contributed by atoms with Gasteiger partial charge in [-0.3, -0.25) is 4.79 Å². The van der Waals surface area contributed by atoms with Crippen LogP contribution in [0.1, 0.15) is 6.42 Å². The molecule has 1 heterocycles. The Morgan fingerprint density at radius 1 is 1.64 bits per heavy atom. The molecule has 0 aromatic carbocycles. The Morgan fingerprint density at radius 3 is 3.14 bits per heavy atom. The van der Waals surface area contributed by atoms with E-state index in [1.807, 2.05) is 6.08 Å². The van der Waals surface area contributed by atoms with Gasteiger partial charge < -0.3 is 11.1 Å². The molecule has 76 valence electrons. The van der Waals surface area contributed by atoms with Crippen LogP contribution in [0.4, 0.5) is 4.79 Å². The molecule has 14 heavy (non-hydrogen) atoms. The van der Waals surface area contributed by atoms with Crippen LogP contribution in [0, 0.1) is 5.92 Å². The first-order valence-corrected chi connectivity index (χ1v) is 5.61. The van der Waals surface area contributed by atoms with Crippen molar-refractivity contribution >= 4 is 23.6 Å². The number of hydrogen-bond acceptors (Lipinski definition) is 3. The molecule has 1 fully saturated rings. The minimum Gasteiger partial charge on any atom is -0.352 e. The number of hydrogen-bond donors (Lipinski definition) is 2. The van der Waals surface area contributed by atoms with Crippen LogP contribution in [0.3, 0.4) is 0 Å². The van der Waals surface area contributed by atoms with Crippen molar-refractivity contribution in [3.8, 4) is 0 Å². The van der Waals surface area contributed by atoms with Gasteiger partial charge in [0.05, 0.1) is 12.0 Å². The van der Waals surface area contributed by atoms with Crippen LogP contribution in [0.5, 0.6) is 0 Å². The van der Waals surface area contributed by atoms with Crippen molar-refractivity contribution in [2.24, 2.45) is 11.7 Å². The molecule has 4 nitrogen and oxygen atoms in total. The van der Waals surface area contributed by atoms with Gasteiger partial charge in [-0.25, -0.2) is 4.79 Å². The predicted octanol–water partition coefficient (Wildman–Crippen LogP) is 0.284. The molecule has 2 rings (SSSR count). The minimum absolute atomic E-state index is 0.0718. The fourth-order valence-electron chi connectivity index (χ4n) is 2.03. The normalized spacial score (nSPS) is 35.4. The standard InChI is InChI=1S/C9H12N2O2S/c10-9(13)11-5-4-14-7-3-1-2-6(12)8(5)7/h1-2,5,7-8H,3-4H2,(H3,10,11,13). The molecule has 3 N–H and O–H groups in total. The molecule has 0 radical (unpaired) electrons. The maximum atomic E-state index is 11.6. The SMILES string of the molecule is NC(=O)NC1CSC2CC=CC(=O)C12. The van der Waals surface area contributed by atoms with E-state index in [1.165, 1.54) is 0 Å². The molecule has 5 heteroatoms. The van der Waals surface area contributed by atoms with Crippen molar-refractivity contribution in [2.75, 3.05) is 5.75 Å². The van der Waals surface area contributed by atoms with Crippen LogP contribution in [0.2, 0.25) is 0 Å².